The highest BCUT2D eigenvalue weighted by atomic mass is 35.5. The number of imidazole rings is 1. The van der Waals surface area contributed by atoms with Crippen molar-refractivity contribution in [3.05, 3.63) is 71.9 Å². The molecule has 0 aliphatic carbocycles. The topological polar surface area (TPSA) is 76.6 Å². The summed E-state index contributed by atoms with van der Waals surface area (Å²) in [6, 6.07) is 12.7. The predicted octanol–water partition coefficient (Wildman–Crippen LogP) is 4.96. The Bertz CT molecular complexity index is 1280. The summed E-state index contributed by atoms with van der Waals surface area (Å²) in [5.74, 6) is -0.269. The number of fused-ring (bicyclic) bond motifs is 1. The van der Waals surface area contributed by atoms with E-state index in [9.17, 15) is 18.4 Å². The lowest BCUT2D eigenvalue weighted by atomic mass is 10.1. The van der Waals surface area contributed by atoms with Crippen LogP contribution < -0.4 is 4.74 Å². The number of aromatic nitrogens is 4. The Balaban J connectivity index is 0.00000289. The molecule has 6 nitrogen and oxygen atoms in total. The first-order valence-electron chi connectivity index (χ1n) is 9.33. The number of hydrogen-bond donors (Lipinski definition) is 0. The first-order chi connectivity index (χ1) is 14.9. The van der Waals surface area contributed by atoms with E-state index in [1.807, 2.05) is 6.07 Å². The maximum Gasteiger partial charge on any atom is 0.419 e. The Hall–Kier alpha value is -3.64. The van der Waals surface area contributed by atoms with Crippen molar-refractivity contribution in [2.24, 2.45) is 7.05 Å². The van der Waals surface area contributed by atoms with Crippen molar-refractivity contribution < 1.29 is 17.9 Å². The number of benzene rings is 1. The lowest BCUT2D eigenvalue weighted by Crippen LogP contribution is -2.11. The molecule has 3 heterocycles. The predicted molar refractivity (Wildman–Crippen MR) is 114 cm³/mol. The van der Waals surface area contributed by atoms with Crippen molar-refractivity contribution in [3.63, 3.8) is 0 Å². The third-order valence-corrected chi connectivity index (χ3v) is 4.74. The largest absolute Gasteiger partial charge is 0.493 e. The van der Waals surface area contributed by atoms with Crippen molar-refractivity contribution in [1.82, 2.24) is 19.5 Å². The van der Waals surface area contributed by atoms with Crippen LogP contribution in [0.15, 0.2) is 55.0 Å². The van der Waals surface area contributed by atoms with Crippen LogP contribution in [0.3, 0.4) is 0 Å². The molecule has 0 spiro atoms. The number of hydrogen-bond acceptors (Lipinski definition) is 5. The van der Waals surface area contributed by atoms with Crippen LogP contribution in [0.1, 0.15) is 17.0 Å². The molecule has 164 valence electrons. The van der Waals surface area contributed by atoms with Gasteiger partial charge in [0.25, 0.3) is 0 Å². The van der Waals surface area contributed by atoms with Gasteiger partial charge in [0.15, 0.2) is 5.69 Å². The van der Waals surface area contributed by atoms with Crippen molar-refractivity contribution in [2.75, 3.05) is 6.61 Å². The molecule has 0 aliphatic heterocycles. The number of alkyl halides is 3. The minimum Gasteiger partial charge on any atom is -0.493 e. The zero-order chi connectivity index (χ0) is 22.0. The lowest BCUT2D eigenvalue weighted by Gasteiger charge is -2.15. The summed E-state index contributed by atoms with van der Waals surface area (Å²) in [5.41, 5.74) is 1.35. The lowest BCUT2D eigenvalue weighted by molar-refractivity contribution is -0.138. The van der Waals surface area contributed by atoms with Gasteiger partial charge in [0.2, 0.25) is 0 Å². The molecule has 0 saturated carbocycles. The van der Waals surface area contributed by atoms with Crippen molar-refractivity contribution >= 4 is 23.4 Å². The third kappa shape index (κ3) is 4.65. The highest BCUT2D eigenvalue weighted by Crippen LogP contribution is 2.39. The summed E-state index contributed by atoms with van der Waals surface area (Å²) in [4.78, 5) is 12.5. The van der Waals surface area contributed by atoms with Gasteiger partial charge in [-0.05, 0) is 36.4 Å². The van der Waals surface area contributed by atoms with E-state index in [2.05, 4.69) is 15.0 Å². The molecule has 0 radical (unpaired) electrons. The highest BCUT2D eigenvalue weighted by molar-refractivity contribution is 5.85. The smallest absolute Gasteiger partial charge is 0.419 e. The van der Waals surface area contributed by atoms with Crippen LogP contribution in [0, 0.1) is 11.3 Å². The molecule has 1 aromatic carbocycles. The van der Waals surface area contributed by atoms with Gasteiger partial charge in [0, 0.05) is 30.9 Å². The molecule has 0 bridgehead atoms. The van der Waals surface area contributed by atoms with E-state index >= 15 is 0 Å². The first kappa shape index (κ1) is 23.0. The van der Waals surface area contributed by atoms with Gasteiger partial charge in [0.05, 0.1) is 29.7 Å². The highest BCUT2D eigenvalue weighted by Gasteiger charge is 2.35. The van der Waals surface area contributed by atoms with Crippen LogP contribution in [0.25, 0.3) is 22.3 Å². The van der Waals surface area contributed by atoms with Gasteiger partial charge in [-0.3, -0.25) is 4.98 Å². The minimum atomic E-state index is -4.62. The van der Waals surface area contributed by atoms with Crippen molar-refractivity contribution in [2.45, 2.75) is 12.6 Å². The third-order valence-electron chi connectivity index (χ3n) is 4.74. The van der Waals surface area contributed by atoms with E-state index in [1.165, 1.54) is 18.5 Å². The van der Waals surface area contributed by atoms with Crippen molar-refractivity contribution in [3.8, 4) is 23.1 Å². The van der Waals surface area contributed by atoms with Gasteiger partial charge < -0.3 is 9.30 Å². The molecule has 0 atom stereocenters. The number of aryl methyl sites for hydroxylation is 1. The fourth-order valence-electron chi connectivity index (χ4n) is 3.20. The Kier molecular flexibility index (Phi) is 6.65. The summed E-state index contributed by atoms with van der Waals surface area (Å²) in [5, 5.41) is 9.37. The molecule has 10 heteroatoms. The number of pyridine rings is 2. The second-order valence-electron chi connectivity index (χ2n) is 6.82. The number of ether oxygens (including phenoxy) is 1. The molecular formula is C22H17ClF3N5O. The molecule has 0 aliphatic rings. The van der Waals surface area contributed by atoms with Crippen LogP contribution in [0.4, 0.5) is 13.2 Å². The van der Waals surface area contributed by atoms with E-state index in [0.717, 1.165) is 11.8 Å². The molecule has 3 aromatic heterocycles. The van der Waals surface area contributed by atoms with Gasteiger partial charge in [-0.1, -0.05) is 6.07 Å². The van der Waals surface area contributed by atoms with Crippen LogP contribution in [-0.2, 0) is 19.6 Å². The van der Waals surface area contributed by atoms with Gasteiger partial charge in [0.1, 0.15) is 17.3 Å². The Morgan fingerprint density at radius 1 is 1.12 bits per heavy atom. The van der Waals surface area contributed by atoms with Crippen LogP contribution in [-0.4, -0.2) is 26.1 Å². The Morgan fingerprint density at radius 2 is 1.94 bits per heavy atom. The summed E-state index contributed by atoms with van der Waals surface area (Å²) >= 11 is 0. The fraction of sp³-hybridized carbons (Fsp3) is 0.182. The summed E-state index contributed by atoms with van der Waals surface area (Å²) in [6.45, 7) is 0.0528. The SMILES string of the molecule is Cl.Cn1cnc2c(C#N)nc(-c3ccc(OCCc4ccccn4)c(C(F)(F)F)c3)cc21. The summed E-state index contributed by atoms with van der Waals surface area (Å²) < 4.78 is 48.3. The number of halogens is 4. The second kappa shape index (κ2) is 9.24. The van der Waals surface area contributed by atoms with E-state index in [0.29, 0.717) is 17.5 Å². The van der Waals surface area contributed by atoms with E-state index in [-0.39, 0.29) is 41.7 Å². The molecule has 0 fully saturated rings. The van der Waals surface area contributed by atoms with Gasteiger partial charge in [-0.25, -0.2) is 9.97 Å². The average Bonchev–Trinajstić information content (AvgIpc) is 3.14. The molecule has 4 rings (SSSR count). The fourth-order valence-corrected chi connectivity index (χ4v) is 3.20. The quantitative estimate of drug-likeness (QED) is 0.421. The zero-order valence-electron chi connectivity index (χ0n) is 16.8. The normalized spacial score (nSPS) is 11.1. The van der Waals surface area contributed by atoms with Crippen LogP contribution >= 0.6 is 12.4 Å². The molecule has 0 N–H and O–H groups in total. The molecule has 4 aromatic rings. The van der Waals surface area contributed by atoms with E-state index in [4.69, 9.17) is 4.74 Å². The van der Waals surface area contributed by atoms with E-state index in [1.54, 1.807) is 42.1 Å². The first-order valence-corrected chi connectivity index (χ1v) is 9.33. The maximum absolute atomic E-state index is 13.7. The number of nitrogens with zero attached hydrogens (tertiary/aromatic N) is 5. The van der Waals surface area contributed by atoms with Gasteiger partial charge in [-0.2, -0.15) is 18.4 Å². The van der Waals surface area contributed by atoms with Crippen LogP contribution in [0.2, 0.25) is 0 Å². The zero-order valence-corrected chi connectivity index (χ0v) is 17.6. The maximum atomic E-state index is 13.7. The molecule has 0 amide bonds. The minimum absolute atomic E-state index is 0. The number of rotatable bonds is 5. The van der Waals surface area contributed by atoms with Gasteiger partial charge >= 0.3 is 6.18 Å². The molecular weight excluding hydrogens is 443 g/mol. The van der Waals surface area contributed by atoms with Crippen molar-refractivity contribution in [1.29, 1.82) is 5.26 Å². The van der Waals surface area contributed by atoms with Gasteiger partial charge in [-0.15, -0.1) is 12.4 Å². The summed E-state index contributed by atoms with van der Waals surface area (Å²) in [7, 11) is 1.74. The molecule has 0 unspecified atom stereocenters. The Labute approximate surface area is 187 Å². The number of nitriles is 1. The Morgan fingerprint density at radius 3 is 2.62 bits per heavy atom. The molecule has 32 heavy (non-hydrogen) atoms. The summed E-state index contributed by atoms with van der Waals surface area (Å²) in [6.07, 6.45) is -1.10. The van der Waals surface area contributed by atoms with E-state index < -0.39 is 11.7 Å². The molecule has 0 saturated heterocycles. The van der Waals surface area contributed by atoms with Crippen LogP contribution in [0.5, 0.6) is 5.75 Å². The standard InChI is InChI=1S/C22H16F3N5O.ClH/c1-30-13-28-21-18(12-26)29-17(11-19(21)30)14-5-6-20(16(10-14)22(23,24)25)31-9-7-15-4-2-3-8-27-15;/h2-6,8,10-11,13H,7,9H2,1H3;1H. The monoisotopic (exact) mass is 459 g/mol. The average molecular weight is 460 g/mol. The second-order valence-corrected chi connectivity index (χ2v) is 6.82.